The van der Waals surface area contributed by atoms with Crippen LogP contribution in [0.1, 0.15) is 23.5 Å². The predicted octanol–water partition coefficient (Wildman–Crippen LogP) is 0.963. The van der Waals surface area contributed by atoms with Gasteiger partial charge in [0.25, 0.3) is 0 Å². The molecular weight excluding hydrogens is 336 g/mol. The van der Waals surface area contributed by atoms with Crippen molar-refractivity contribution in [1.82, 2.24) is 25.3 Å². The molecule has 1 atom stereocenters. The Morgan fingerprint density at radius 1 is 1.20 bits per heavy atom. The smallest absolute Gasteiger partial charge is 0.235 e. The lowest BCUT2D eigenvalue weighted by Crippen LogP contribution is -2.49. The molecule has 1 aromatic carbocycles. The minimum Gasteiger partial charge on any atom is -0.374 e. The monoisotopic (exact) mass is 360 g/mol. The average Bonchev–Trinajstić information content (AvgIpc) is 3.07. The Kier molecular flexibility index (Phi) is 5.95. The standard InChI is InChI=1S/C17H24N6OS/c1-2-22-8-10-23(11-9-22)12-14(24)19-15(13-6-4-3-5-7-13)16-20-21-17(18)25-16/h3-7,15H,2,8-12H2,1H3,(H2,18,21)(H,19,24)/t15-/m1/s1. The van der Waals surface area contributed by atoms with E-state index in [4.69, 9.17) is 5.73 Å². The zero-order valence-corrected chi connectivity index (χ0v) is 15.2. The fourth-order valence-electron chi connectivity index (χ4n) is 2.97. The molecule has 1 amide bonds. The molecule has 1 saturated heterocycles. The van der Waals surface area contributed by atoms with Gasteiger partial charge < -0.3 is 16.0 Å². The molecule has 134 valence electrons. The van der Waals surface area contributed by atoms with Gasteiger partial charge in [-0.2, -0.15) is 0 Å². The van der Waals surface area contributed by atoms with E-state index in [1.165, 1.54) is 11.3 Å². The molecule has 1 fully saturated rings. The van der Waals surface area contributed by atoms with Crippen LogP contribution in [-0.2, 0) is 4.79 Å². The molecule has 25 heavy (non-hydrogen) atoms. The highest BCUT2D eigenvalue weighted by molar-refractivity contribution is 7.15. The first-order chi connectivity index (χ1) is 12.2. The molecule has 0 radical (unpaired) electrons. The third-order valence-electron chi connectivity index (χ3n) is 4.42. The van der Waals surface area contributed by atoms with Crippen molar-refractivity contribution in [3.05, 3.63) is 40.9 Å². The predicted molar refractivity (Wildman–Crippen MR) is 99.3 cm³/mol. The number of nitrogen functional groups attached to an aromatic ring is 1. The van der Waals surface area contributed by atoms with Gasteiger partial charge in [0.05, 0.1) is 6.54 Å². The summed E-state index contributed by atoms with van der Waals surface area (Å²) in [7, 11) is 0. The molecule has 0 unspecified atom stereocenters. The van der Waals surface area contributed by atoms with E-state index in [2.05, 4.69) is 32.2 Å². The maximum absolute atomic E-state index is 12.6. The molecule has 0 spiro atoms. The minimum absolute atomic E-state index is 0.00688. The molecule has 0 aliphatic carbocycles. The Balaban J connectivity index is 1.65. The Labute approximate surface area is 151 Å². The van der Waals surface area contributed by atoms with Crippen molar-refractivity contribution < 1.29 is 4.79 Å². The number of hydrogen-bond acceptors (Lipinski definition) is 7. The first-order valence-corrected chi connectivity index (χ1v) is 9.35. The van der Waals surface area contributed by atoms with Crippen molar-refractivity contribution in [2.24, 2.45) is 0 Å². The molecule has 1 aliphatic heterocycles. The Bertz CT molecular complexity index is 683. The third kappa shape index (κ3) is 4.75. The summed E-state index contributed by atoms with van der Waals surface area (Å²) in [5.74, 6) is -0.00688. The van der Waals surface area contributed by atoms with E-state index in [-0.39, 0.29) is 11.9 Å². The summed E-state index contributed by atoms with van der Waals surface area (Å²) in [5, 5.41) is 12.2. The fraction of sp³-hybridized carbons (Fsp3) is 0.471. The van der Waals surface area contributed by atoms with Crippen LogP contribution in [-0.4, -0.2) is 65.2 Å². The third-order valence-corrected chi connectivity index (χ3v) is 5.24. The zero-order valence-electron chi connectivity index (χ0n) is 14.4. The maximum Gasteiger partial charge on any atom is 0.235 e. The number of piperazine rings is 1. The number of nitrogens with two attached hydrogens (primary N) is 1. The number of rotatable bonds is 6. The van der Waals surface area contributed by atoms with Crippen molar-refractivity contribution in [3.63, 3.8) is 0 Å². The summed E-state index contributed by atoms with van der Waals surface area (Å²) in [6.07, 6.45) is 0. The number of nitrogens with zero attached hydrogens (tertiary/aromatic N) is 4. The largest absolute Gasteiger partial charge is 0.374 e. The lowest BCUT2D eigenvalue weighted by molar-refractivity contribution is -0.123. The molecule has 3 N–H and O–H groups in total. The lowest BCUT2D eigenvalue weighted by atomic mass is 10.1. The molecule has 1 aromatic heterocycles. The van der Waals surface area contributed by atoms with Gasteiger partial charge in [-0.3, -0.25) is 9.69 Å². The van der Waals surface area contributed by atoms with Crippen LogP contribution in [0.3, 0.4) is 0 Å². The molecule has 2 aromatic rings. The van der Waals surface area contributed by atoms with Gasteiger partial charge in [-0.15, -0.1) is 10.2 Å². The summed E-state index contributed by atoms with van der Waals surface area (Å²) in [6, 6.07) is 9.47. The van der Waals surface area contributed by atoms with E-state index in [9.17, 15) is 4.79 Å². The molecule has 1 aliphatic rings. The number of anilines is 1. The fourth-order valence-corrected chi connectivity index (χ4v) is 3.66. The van der Waals surface area contributed by atoms with Gasteiger partial charge in [0, 0.05) is 26.2 Å². The Morgan fingerprint density at radius 3 is 2.48 bits per heavy atom. The topological polar surface area (TPSA) is 87.4 Å². The minimum atomic E-state index is -0.319. The van der Waals surface area contributed by atoms with Crippen LogP contribution in [0.25, 0.3) is 0 Å². The summed E-state index contributed by atoms with van der Waals surface area (Å²) >= 11 is 1.30. The molecule has 3 rings (SSSR count). The van der Waals surface area contributed by atoms with Crippen molar-refractivity contribution in [2.75, 3.05) is 45.0 Å². The molecule has 8 heteroatoms. The lowest BCUT2D eigenvalue weighted by Gasteiger charge is -2.33. The van der Waals surface area contributed by atoms with Crippen molar-refractivity contribution in [3.8, 4) is 0 Å². The van der Waals surface area contributed by atoms with Gasteiger partial charge in [0.2, 0.25) is 11.0 Å². The first kappa shape index (κ1) is 17.8. The number of benzene rings is 1. The molecule has 0 saturated carbocycles. The van der Waals surface area contributed by atoms with Gasteiger partial charge in [-0.05, 0) is 12.1 Å². The second kappa shape index (κ2) is 8.37. The quantitative estimate of drug-likeness (QED) is 0.798. The van der Waals surface area contributed by atoms with E-state index in [0.717, 1.165) is 38.3 Å². The van der Waals surface area contributed by atoms with E-state index in [1.54, 1.807) is 0 Å². The highest BCUT2D eigenvalue weighted by atomic mass is 32.1. The van der Waals surface area contributed by atoms with Crippen molar-refractivity contribution in [2.45, 2.75) is 13.0 Å². The summed E-state index contributed by atoms with van der Waals surface area (Å²) in [4.78, 5) is 17.2. The van der Waals surface area contributed by atoms with Gasteiger partial charge in [-0.1, -0.05) is 48.6 Å². The molecular formula is C17H24N6OS. The Morgan fingerprint density at radius 2 is 1.88 bits per heavy atom. The summed E-state index contributed by atoms with van der Waals surface area (Å²) in [6.45, 7) is 7.49. The number of amides is 1. The Hall–Kier alpha value is -2.03. The number of aromatic nitrogens is 2. The van der Waals surface area contributed by atoms with Crippen molar-refractivity contribution in [1.29, 1.82) is 0 Å². The van der Waals surface area contributed by atoms with Crippen LogP contribution in [0.5, 0.6) is 0 Å². The number of carbonyl (C=O) groups excluding carboxylic acids is 1. The summed E-state index contributed by atoms with van der Waals surface area (Å²) in [5.41, 5.74) is 6.70. The normalized spacial score (nSPS) is 17.3. The van der Waals surface area contributed by atoms with E-state index in [0.29, 0.717) is 16.7 Å². The summed E-state index contributed by atoms with van der Waals surface area (Å²) < 4.78 is 0. The number of likely N-dealkylation sites (N-methyl/N-ethyl adjacent to an activating group) is 1. The van der Waals surface area contributed by atoms with Crippen LogP contribution in [0.4, 0.5) is 5.13 Å². The van der Waals surface area contributed by atoms with Gasteiger partial charge in [0.1, 0.15) is 11.0 Å². The van der Waals surface area contributed by atoms with E-state index in [1.807, 2.05) is 30.3 Å². The molecule has 0 bridgehead atoms. The van der Waals surface area contributed by atoms with Crippen LogP contribution in [0.15, 0.2) is 30.3 Å². The van der Waals surface area contributed by atoms with Gasteiger partial charge >= 0.3 is 0 Å². The van der Waals surface area contributed by atoms with Gasteiger partial charge in [-0.25, -0.2) is 0 Å². The van der Waals surface area contributed by atoms with E-state index < -0.39 is 0 Å². The second-order valence-corrected chi connectivity index (χ2v) is 7.14. The number of carbonyl (C=O) groups is 1. The zero-order chi connectivity index (χ0) is 17.6. The average molecular weight is 360 g/mol. The molecule has 7 nitrogen and oxygen atoms in total. The van der Waals surface area contributed by atoms with Crippen LogP contribution < -0.4 is 11.1 Å². The van der Waals surface area contributed by atoms with Crippen molar-refractivity contribution >= 4 is 22.4 Å². The highest BCUT2D eigenvalue weighted by Gasteiger charge is 2.23. The highest BCUT2D eigenvalue weighted by Crippen LogP contribution is 2.25. The van der Waals surface area contributed by atoms with Gasteiger partial charge in [0.15, 0.2) is 0 Å². The first-order valence-electron chi connectivity index (χ1n) is 8.53. The van der Waals surface area contributed by atoms with E-state index >= 15 is 0 Å². The number of hydrogen-bond donors (Lipinski definition) is 2. The maximum atomic E-state index is 12.6. The second-order valence-electron chi connectivity index (χ2n) is 6.10. The van der Waals surface area contributed by atoms with Crippen LogP contribution >= 0.6 is 11.3 Å². The SMILES string of the molecule is CCN1CCN(CC(=O)N[C@H](c2ccccc2)c2nnc(N)s2)CC1. The number of nitrogens with one attached hydrogen (secondary N) is 1. The molecule has 2 heterocycles. The van der Waals surface area contributed by atoms with Crippen LogP contribution in [0, 0.1) is 0 Å². The van der Waals surface area contributed by atoms with Crippen LogP contribution in [0.2, 0.25) is 0 Å².